The van der Waals surface area contributed by atoms with Crippen LogP contribution in [0.2, 0.25) is 0 Å². The molecule has 124 valence electrons. The number of carbonyl (C=O) groups excluding carboxylic acids is 1. The molecule has 1 atom stereocenters. The molecule has 1 fully saturated rings. The summed E-state index contributed by atoms with van der Waals surface area (Å²) in [6.45, 7) is 8.72. The summed E-state index contributed by atoms with van der Waals surface area (Å²) in [4.78, 5) is 14.0. The molecule has 22 heavy (non-hydrogen) atoms. The number of nitrogens with zero attached hydrogens (tertiary/aromatic N) is 1. The van der Waals surface area contributed by atoms with Gasteiger partial charge in [-0.3, -0.25) is 4.79 Å². The van der Waals surface area contributed by atoms with E-state index in [2.05, 4.69) is 38.2 Å². The number of ether oxygens (including phenoxy) is 1. The summed E-state index contributed by atoms with van der Waals surface area (Å²) in [5, 5.41) is 3.31. The minimum atomic E-state index is 0. The zero-order valence-electron chi connectivity index (χ0n) is 13.9. The Labute approximate surface area is 139 Å². The van der Waals surface area contributed by atoms with E-state index in [0.717, 1.165) is 18.8 Å². The summed E-state index contributed by atoms with van der Waals surface area (Å²) in [6.07, 6.45) is 0.470. The standard InChI is InChI=1S/C17H26N2O2.ClH/c1-17(2,3)13-5-7-15(8-6-13)19(4)16(20)11-14-12-21-10-9-18-14;/h5-8,14,18H,9-12H2,1-4H3;1H. The van der Waals surface area contributed by atoms with Crippen LogP contribution in [-0.4, -0.2) is 38.8 Å². The number of benzene rings is 1. The van der Waals surface area contributed by atoms with E-state index in [1.54, 1.807) is 4.90 Å². The van der Waals surface area contributed by atoms with Crippen molar-refractivity contribution >= 4 is 24.0 Å². The van der Waals surface area contributed by atoms with E-state index in [0.29, 0.717) is 13.0 Å². The third kappa shape index (κ3) is 4.97. The quantitative estimate of drug-likeness (QED) is 0.928. The maximum Gasteiger partial charge on any atom is 0.228 e. The van der Waals surface area contributed by atoms with Gasteiger partial charge in [0.05, 0.1) is 13.2 Å². The van der Waals surface area contributed by atoms with Crippen LogP contribution in [0.25, 0.3) is 0 Å². The highest BCUT2D eigenvalue weighted by atomic mass is 35.5. The summed E-state index contributed by atoms with van der Waals surface area (Å²) >= 11 is 0. The summed E-state index contributed by atoms with van der Waals surface area (Å²) in [5.41, 5.74) is 2.34. The van der Waals surface area contributed by atoms with Crippen molar-refractivity contribution in [3.63, 3.8) is 0 Å². The van der Waals surface area contributed by atoms with Crippen molar-refractivity contribution in [2.75, 3.05) is 31.7 Å². The minimum absolute atomic E-state index is 0. The zero-order valence-corrected chi connectivity index (χ0v) is 14.7. The SMILES string of the molecule is CN(C(=O)CC1COCCN1)c1ccc(C(C)(C)C)cc1.Cl. The second-order valence-corrected chi connectivity index (χ2v) is 6.68. The summed E-state index contributed by atoms with van der Waals surface area (Å²) in [7, 11) is 1.83. The highest BCUT2D eigenvalue weighted by molar-refractivity contribution is 5.93. The molecule has 0 aromatic heterocycles. The van der Waals surface area contributed by atoms with E-state index >= 15 is 0 Å². The van der Waals surface area contributed by atoms with E-state index in [4.69, 9.17) is 4.74 Å². The van der Waals surface area contributed by atoms with Crippen LogP contribution in [-0.2, 0) is 14.9 Å². The average molecular weight is 327 g/mol. The molecule has 0 radical (unpaired) electrons. The van der Waals surface area contributed by atoms with Gasteiger partial charge in [-0.15, -0.1) is 12.4 Å². The Morgan fingerprint density at radius 1 is 1.32 bits per heavy atom. The summed E-state index contributed by atoms with van der Waals surface area (Å²) in [5.74, 6) is 0.113. The molecular formula is C17H27ClN2O2. The van der Waals surface area contributed by atoms with Crippen LogP contribution >= 0.6 is 12.4 Å². The van der Waals surface area contributed by atoms with Crippen LogP contribution in [0.4, 0.5) is 5.69 Å². The number of rotatable bonds is 3. The zero-order chi connectivity index (χ0) is 15.5. The predicted octanol–water partition coefficient (Wildman–Crippen LogP) is 2.75. The third-order valence-electron chi connectivity index (χ3n) is 3.91. The third-order valence-corrected chi connectivity index (χ3v) is 3.91. The molecule has 4 nitrogen and oxygen atoms in total. The Morgan fingerprint density at radius 3 is 2.45 bits per heavy atom. The van der Waals surface area contributed by atoms with Crippen molar-refractivity contribution in [3.05, 3.63) is 29.8 Å². The lowest BCUT2D eigenvalue weighted by Gasteiger charge is -2.26. The number of morpholine rings is 1. The second kappa shape index (κ2) is 7.95. The van der Waals surface area contributed by atoms with Crippen LogP contribution in [0.1, 0.15) is 32.8 Å². The van der Waals surface area contributed by atoms with Gasteiger partial charge in [0.25, 0.3) is 0 Å². The fourth-order valence-corrected chi connectivity index (χ4v) is 2.43. The van der Waals surface area contributed by atoms with E-state index in [9.17, 15) is 4.79 Å². The molecule has 1 saturated heterocycles. The van der Waals surface area contributed by atoms with E-state index in [1.807, 2.05) is 19.2 Å². The lowest BCUT2D eigenvalue weighted by molar-refractivity contribution is -0.119. The van der Waals surface area contributed by atoms with Crippen molar-refractivity contribution in [2.24, 2.45) is 0 Å². The molecule has 0 spiro atoms. The van der Waals surface area contributed by atoms with Crippen molar-refractivity contribution < 1.29 is 9.53 Å². The maximum absolute atomic E-state index is 12.3. The molecule has 0 bridgehead atoms. The molecular weight excluding hydrogens is 300 g/mol. The number of hydrogen-bond donors (Lipinski definition) is 1. The van der Waals surface area contributed by atoms with E-state index in [1.165, 1.54) is 5.56 Å². The van der Waals surface area contributed by atoms with Gasteiger partial charge in [-0.05, 0) is 23.1 Å². The molecule has 1 heterocycles. The lowest BCUT2D eigenvalue weighted by atomic mass is 9.87. The van der Waals surface area contributed by atoms with Crippen LogP contribution in [0.3, 0.4) is 0 Å². The van der Waals surface area contributed by atoms with E-state index < -0.39 is 0 Å². The highest BCUT2D eigenvalue weighted by Crippen LogP contribution is 2.24. The van der Waals surface area contributed by atoms with Crippen LogP contribution in [0.5, 0.6) is 0 Å². The Morgan fingerprint density at radius 2 is 1.95 bits per heavy atom. The number of nitrogens with one attached hydrogen (secondary N) is 1. The van der Waals surface area contributed by atoms with Crippen molar-refractivity contribution in [1.29, 1.82) is 0 Å². The molecule has 1 aromatic carbocycles. The molecule has 5 heteroatoms. The number of anilines is 1. The van der Waals surface area contributed by atoms with Crippen molar-refractivity contribution in [2.45, 2.75) is 38.6 Å². The smallest absolute Gasteiger partial charge is 0.228 e. The maximum atomic E-state index is 12.3. The molecule has 1 N–H and O–H groups in total. The molecule has 1 unspecified atom stereocenters. The van der Waals surface area contributed by atoms with Crippen molar-refractivity contribution in [3.8, 4) is 0 Å². The van der Waals surface area contributed by atoms with Crippen LogP contribution in [0.15, 0.2) is 24.3 Å². The van der Waals surface area contributed by atoms with E-state index in [-0.39, 0.29) is 29.8 Å². The fraction of sp³-hybridized carbons (Fsp3) is 0.588. The molecule has 1 aromatic rings. The summed E-state index contributed by atoms with van der Waals surface area (Å²) in [6, 6.07) is 8.36. The Kier molecular flexibility index (Phi) is 6.85. The van der Waals surface area contributed by atoms with Gasteiger partial charge in [0.15, 0.2) is 0 Å². The Balaban J connectivity index is 0.00000242. The van der Waals surface area contributed by atoms with Gasteiger partial charge < -0.3 is 15.0 Å². The molecule has 2 rings (SSSR count). The topological polar surface area (TPSA) is 41.6 Å². The number of amides is 1. The second-order valence-electron chi connectivity index (χ2n) is 6.68. The van der Waals surface area contributed by atoms with Gasteiger partial charge in [-0.1, -0.05) is 32.9 Å². The average Bonchev–Trinajstić information content (AvgIpc) is 2.46. The van der Waals surface area contributed by atoms with Gasteiger partial charge in [0, 0.05) is 31.7 Å². The molecule has 0 saturated carbocycles. The Bertz CT molecular complexity index is 476. The fourth-order valence-electron chi connectivity index (χ4n) is 2.43. The first kappa shape index (κ1) is 18.9. The van der Waals surface area contributed by atoms with Crippen LogP contribution < -0.4 is 10.2 Å². The number of halogens is 1. The van der Waals surface area contributed by atoms with Gasteiger partial charge in [-0.2, -0.15) is 0 Å². The van der Waals surface area contributed by atoms with Gasteiger partial charge in [0.2, 0.25) is 5.91 Å². The molecule has 0 aliphatic carbocycles. The first-order chi connectivity index (χ1) is 9.88. The Hall–Kier alpha value is -1.10. The first-order valence-electron chi connectivity index (χ1n) is 7.56. The highest BCUT2D eigenvalue weighted by Gasteiger charge is 2.20. The molecule has 1 aliphatic rings. The molecule has 1 amide bonds. The minimum Gasteiger partial charge on any atom is -0.378 e. The predicted molar refractivity (Wildman–Crippen MR) is 93.0 cm³/mol. The number of carbonyl (C=O) groups is 1. The molecule has 1 aliphatic heterocycles. The monoisotopic (exact) mass is 326 g/mol. The van der Waals surface area contributed by atoms with Gasteiger partial charge >= 0.3 is 0 Å². The normalized spacial score (nSPS) is 18.5. The first-order valence-corrected chi connectivity index (χ1v) is 7.56. The van der Waals surface area contributed by atoms with Crippen molar-refractivity contribution in [1.82, 2.24) is 5.32 Å². The lowest BCUT2D eigenvalue weighted by Crippen LogP contribution is -2.44. The van der Waals surface area contributed by atoms with Crippen LogP contribution in [0, 0.1) is 0 Å². The van der Waals surface area contributed by atoms with Gasteiger partial charge in [0.1, 0.15) is 0 Å². The number of hydrogen-bond acceptors (Lipinski definition) is 3. The largest absolute Gasteiger partial charge is 0.378 e. The summed E-state index contributed by atoms with van der Waals surface area (Å²) < 4.78 is 5.39. The van der Waals surface area contributed by atoms with Gasteiger partial charge in [-0.25, -0.2) is 0 Å².